The lowest BCUT2D eigenvalue weighted by molar-refractivity contribution is 0.101. The first kappa shape index (κ1) is 20.8. The van der Waals surface area contributed by atoms with E-state index in [0.29, 0.717) is 10.8 Å². The molecule has 0 atom stereocenters. The number of nitrogens with zero attached hydrogens (tertiary/aromatic N) is 3. The fourth-order valence-electron chi connectivity index (χ4n) is 3.32. The van der Waals surface area contributed by atoms with Crippen LogP contribution < -0.4 is 5.32 Å². The Hall–Kier alpha value is -3.44. The molecule has 5 nitrogen and oxygen atoms in total. The lowest BCUT2D eigenvalue weighted by Crippen LogP contribution is -2.15. The third-order valence-electron chi connectivity index (χ3n) is 5.15. The fraction of sp³-hybridized carbons (Fsp3) is 0.160. The molecule has 0 saturated carbocycles. The van der Waals surface area contributed by atoms with E-state index >= 15 is 0 Å². The van der Waals surface area contributed by atoms with Gasteiger partial charge in [-0.2, -0.15) is 0 Å². The molecule has 4 rings (SSSR count). The zero-order valence-electron chi connectivity index (χ0n) is 17.9. The number of carbonyl (C=O) groups is 1. The Labute approximate surface area is 186 Å². The largest absolute Gasteiger partial charge is 0.319 e. The second-order valence-electron chi connectivity index (χ2n) is 7.74. The number of halogens is 1. The van der Waals surface area contributed by atoms with Crippen molar-refractivity contribution in [2.45, 2.75) is 27.7 Å². The van der Waals surface area contributed by atoms with E-state index in [1.807, 2.05) is 88.4 Å². The van der Waals surface area contributed by atoms with Gasteiger partial charge in [-0.25, -0.2) is 9.67 Å². The molecule has 0 radical (unpaired) electrons. The monoisotopic (exact) mass is 430 g/mol. The molecule has 31 heavy (non-hydrogen) atoms. The summed E-state index contributed by atoms with van der Waals surface area (Å²) in [5.74, 6) is 0.301. The molecule has 0 aliphatic carbocycles. The number of rotatable bonds is 4. The van der Waals surface area contributed by atoms with Gasteiger partial charge >= 0.3 is 0 Å². The maximum atomic E-state index is 13.0. The molecule has 0 aliphatic rings. The summed E-state index contributed by atoms with van der Waals surface area (Å²) < 4.78 is 1.66. The van der Waals surface area contributed by atoms with Crippen molar-refractivity contribution in [1.29, 1.82) is 0 Å². The Bertz CT molecular complexity index is 1280. The van der Waals surface area contributed by atoms with Crippen molar-refractivity contribution in [2.75, 3.05) is 5.32 Å². The molecular formula is C25H23ClN4O. The van der Waals surface area contributed by atoms with Crippen LogP contribution in [0.15, 0.2) is 60.7 Å². The van der Waals surface area contributed by atoms with Crippen molar-refractivity contribution in [3.05, 3.63) is 93.8 Å². The van der Waals surface area contributed by atoms with Crippen LogP contribution >= 0.6 is 11.6 Å². The van der Waals surface area contributed by atoms with Gasteiger partial charge in [-0.15, -0.1) is 5.10 Å². The Balaban J connectivity index is 1.77. The van der Waals surface area contributed by atoms with Crippen LogP contribution in [0.4, 0.5) is 5.69 Å². The highest BCUT2D eigenvalue weighted by Gasteiger charge is 2.20. The molecule has 1 amide bonds. The third kappa shape index (κ3) is 4.37. The van der Waals surface area contributed by atoms with Crippen LogP contribution in [0.5, 0.6) is 0 Å². The van der Waals surface area contributed by atoms with E-state index in [2.05, 4.69) is 15.4 Å². The van der Waals surface area contributed by atoms with E-state index in [-0.39, 0.29) is 11.7 Å². The quantitative estimate of drug-likeness (QED) is 0.427. The van der Waals surface area contributed by atoms with E-state index < -0.39 is 0 Å². The lowest BCUT2D eigenvalue weighted by Gasteiger charge is -2.08. The molecule has 6 heteroatoms. The Morgan fingerprint density at radius 1 is 0.871 bits per heavy atom. The molecule has 1 aromatic heterocycles. The smallest absolute Gasteiger partial charge is 0.295 e. The van der Waals surface area contributed by atoms with Crippen molar-refractivity contribution < 1.29 is 4.79 Å². The first-order chi connectivity index (χ1) is 14.8. The van der Waals surface area contributed by atoms with Gasteiger partial charge in [0, 0.05) is 16.3 Å². The van der Waals surface area contributed by atoms with E-state index in [0.717, 1.165) is 39.2 Å². The van der Waals surface area contributed by atoms with Gasteiger partial charge in [-0.1, -0.05) is 65.2 Å². The minimum atomic E-state index is -0.364. The summed E-state index contributed by atoms with van der Waals surface area (Å²) in [6.45, 7) is 7.94. The fourth-order valence-corrected chi connectivity index (χ4v) is 3.50. The molecule has 1 heterocycles. The van der Waals surface area contributed by atoms with Gasteiger partial charge in [0.05, 0.1) is 5.69 Å². The number of hydrogen-bond acceptors (Lipinski definition) is 3. The van der Waals surface area contributed by atoms with Gasteiger partial charge in [-0.05, 0) is 57.0 Å². The maximum absolute atomic E-state index is 13.0. The highest BCUT2D eigenvalue weighted by Crippen LogP contribution is 2.25. The second-order valence-corrected chi connectivity index (χ2v) is 8.15. The Morgan fingerprint density at radius 3 is 2.26 bits per heavy atom. The number of benzene rings is 3. The number of amides is 1. The SMILES string of the molecule is Cc1ccc(-c2nc(C(=O)Nc3ccc(C)cc3C)nn2-c2ccc(C)c(Cl)c2)cc1. The minimum absolute atomic E-state index is 0.0900. The summed E-state index contributed by atoms with van der Waals surface area (Å²) in [5.41, 5.74) is 6.57. The Kier molecular flexibility index (Phi) is 5.61. The number of carbonyl (C=O) groups excluding carboxylic acids is 1. The molecule has 0 unspecified atom stereocenters. The lowest BCUT2D eigenvalue weighted by atomic mass is 10.1. The molecule has 1 N–H and O–H groups in total. The first-order valence-electron chi connectivity index (χ1n) is 10.0. The third-order valence-corrected chi connectivity index (χ3v) is 5.56. The molecule has 0 spiro atoms. The van der Waals surface area contributed by atoms with E-state index in [4.69, 9.17) is 11.6 Å². The molecule has 0 fully saturated rings. The van der Waals surface area contributed by atoms with Crippen molar-refractivity contribution in [2.24, 2.45) is 0 Å². The number of nitrogens with one attached hydrogen (secondary N) is 1. The van der Waals surface area contributed by atoms with Crippen molar-refractivity contribution in [3.8, 4) is 17.1 Å². The summed E-state index contributed by atoms with van der Waals surface area (Å²) >= 11 is 6.35. The highest BCUT2D eigenvalue weighted by molar-refractivity contribution is 6.31. The molecule has 4 aromatic rings. The highest BCUT2D eigenvalue weighted by atomic mass is 35.5. The summed E-state index contributed by atoms with van der Waals surface area (Å²) in [7, 11) is 0. The van der Waals surface area contributed by atoms with Gasteiger partial charge in [-0.3, -0.25) is 4.79 Å². The average Bonchev–Trinajstić information content (AvgIpc) is 3.18. The van der Waals surface area contributed by atoms with Crippen LogP contribution in [0.25, 0.3) is 17.1 Å². The van der Waals surface area contributed by atoms with Gasteiger partial charge in [0.25, 0.3) is 5.91 Å². The molecule has 3 aromatic carbocycles. The average molecular weight is 431 g/mol. The minimum Gasteiger partial charge on any atom is -0.319 e. The summed E-state index contributed by atoms with van der Waals surface area (Å²) in [5, 5.41) is 8.08. The van der Waals surface area contributed by atoms with Gasteiger partial charge in [0.1, 0.15) is 0 Å². The van der Waals surface area contributed by atoms with Crippen LogP contribution in [0.3, 0.4) is 0 Å². The van der Waals surface area contributed by atoms with Crippen LogP contribution in [0.2, 0.25) is 5.02 Å². The standard InChI is InChI=1S/C25H23ClN4O/c1-15-5-9-19(10-6-15)24-28-23(25(31)27-22-12-7-16(2)13-18(22)4)29-30(24)20-11-8-17(3)21(26)14-20/h5-14H,1-4H3,(H,27,31). The van der Waals surface area contributed by atoms with Crippen molar-refractivity contribution in [3.63, 3.8) is 0 Å². The predicted molar refractivity (Wildman–Crippen MR) is 125 cm³/mol. The van der Waals surface area contributed by atoms with Crippen molar-refractivity contribution in [1.82, 2.24) is 14.8 Å². The number of aryl methyl sites for hydroxylation is 4. The van der Waals surface area contributed by atoms with Crippen LogP contribution in [-0.2, 0) is 0 Å². The van der Waals surface area contributed by atoms with Crippen LogP contribution in [-0.4, -0.2) is 20.7 Å². The zero-order valence-corrected chi connectivity index (χ0v) is 18.7. The molecular weight excluding hydrogens is 408 g/mol. The second kappa shape index (κ2) is 8.36. The number of hydrogen-bond donors (Lipinski definition) is 1. The number of aromatic nitrogens is 3. The molecule has 0 bridgehead atoms. The zero-order chi connectivity index (χ0) is 22.1. The van der Waals surface area contributed by atoms with E-state index in [1.165, 1.54) is 0 Å². The maximum Gasteiger partial charge on any atom is 0.295 e. The first-order valence-corrected chi connectivity index (χ1v) is 10.4. The van der Waals surface area contributed by atoms with Crippen molar-refractivity contribution >= 4 is 23.2 Å². The Morgan fingerprint density at radius 2 is 1.58 bits per heavy atom. The summed E-state index contributed by atoms with van der Waals surface area (Å²) in [6, 6.07) is 19.5. The van der Waals surface area contributed by atoms with E-state index in [9.17, 15) is 4.79 Å². The topological polar surface area (TPSA) is 59.8 Å². The molecule has 156 valence electrons. The van der Waals surface area contributed by atoms with Gasteiger partial charge in [0.15, 0.2) is 5.82 Å². The predicted octanol–water partition coefficient (Wildman–Crippen LogP) is 6.07. The summed E-state index contributed by atoms with van der Waals surface area (Å²) in [4.78, 5) is 17.6. The molecule has 0 aliphatic heterocycles. The summed E-state index contributed by atoms with van der Waals surface area (Å²) in [6.07, 6.45) is 0. The normalized spacial score (nSPS) is 10.9. The van der Waals surface area contributed by atoms with Gasteiger partial charge < -0.3 is 5.32 Å². The van der Waals surface area contributed by atoms with E-state index in [1.54, 1.807) is 4.68 Å². The van der Waals surface area contributed by atoms with Crippen LogP contribution in [0, 0.1) is 27.7 Å². The molecule has 0 saturated heterocycles. The van der Waals surface area contributed by atoms with Gasteiger partial charge in [0.2, 0.25) is 5.82 Å². The van der Waals surface area contributed by atoms with Crippen LogP contribution in [0.1, 0.15) is 32.9 Å². The number of anilines is 1.